The number of para-hydroxylation sites is 1. The van der Waals surface area contributed by atoms with E-state index in [0.717, 1.165) is 5.75 Å². The Labute approximate surface area is 112 Å². The minimum Gasteiger partial charge on any atom is -0.459 e. The zero-order valence-corrected chi connectivity index (χ0v) is 11.0. The third-order valence-electron chi connectivity index (χ3n) is 2.39. The quantitative estimate of drug-likeness (QED) is 0.774. The number of esters is 1. The summed E-state index contributed by atoms with van der Waals surface area (Å²) in [5.74, 6) is 1.01. The van der Waals surface area contributed by atoms with Crippen molar-refractivity contribution in [3.8, 4) is 11.5 Å². The molecule has 19 heavy (non-hydrogen) atoms. The Morgan fingerprint density at radius 2 is 1.63 bits per heavy atom. The average Bonchev–Trinajstić information content (AvgIpc) is 2.39. The van der Waals surface area contributed by atoms with Crippen LogP contribution < -0.4 is 4.74 Å². The normalized spacial score (nSPS) is 10.3. The van der Waals surface area contributed by atoms with Gasteiger partial charge < -0.3 is 9.47 Å². The van der Waals surface area contributed by atoms with Crippen molar-refractivity contribution in [1.29, 1.82) is 0 Å². The van der Waals surface area contributed by atoms with Gasteiger partial charge in [0, 0.05) is 0 Å². The van der Waals surface area contributed by atoms with Crippen LogP contribution in [-0.4, -0.2) is 12.1 Å². The van der Waals surface area contributed by atoms with E-state index in [0.29, 0.717) is 11.3 Å². The van der Waals surface area contributed by atoms with E-state index in [4.69, 9.17) is 9.47 Å². The summed E-state index contributed by atoms with van der Waals surface area (Å²) in [6.07, 6.45) is -0.133. The van der Waals surface area contributed by atoms with Gasteiger partial charge in [-0.3, -0.25) is 0 Å². The monoisotopic (exact) mass is 256 g/mol. The molecule has 0 radical (unpaired) electrons. The molecule has 0 fully saturated rings. The summed E-state index contributed by atoms with van der Waals surface area (Å²) in [5.41, 5.74) is 0.488. The fourth-order valence-corrected chi connectivity index (χ4v) is 1.59. The molecule has 98 valence electrons. The lowest BCUT2D eigenvalue weighted by molar-refractivity contribution is 0.0377. The van der Waals surface area contributed by atoms with Crippen LogP contribution in [-0.2, 0) is 4.74 Å². The average molecular weight is 256 g/mol. The molecule has 3 nitrogen and oxygen atoms in total. The molecule has 0 N–H and O–H groups in total. The van der Waals surface area contributed by atoms with Gasteiger partial charge in [-0.1, -0.05) is 24.3 Å². The van der Waals surface area contributed by atoms with Gasteiger partial charge in [0.25, 0.3) is 0 Å². The number of carbonyl (C=O) groups excluding carboxylic acids is 1. The molecule has 0 spiro atoms. The van der Waals surface area contributed by atoms with E-state index in [-0.39, 0.29) is 12.1 Å². The third-order valence-corrected chi connectivity index (χ3v) is 2.39. The Bertz CT molecular complexity index is 547. The van der Waals surface area contributed by atoms with E-state index in [1.165, 1.54) is 0 Å². The Morgan fingerprint density at radius 3 is 2.32 bits per heavy atom. The molecule has 2 aromatic rings. The van der Waals surface area contributed by atoms with Gasteiger partial charge in [-0.15, -0.1) is 0 Å². The van der Waals surface area contributed by atoms with Crippen molar-refractivity contribution in [2.24, 2.45) is 0 Å². The molecule has 0 heterocycles. The highest BCUT2D eigenvalue weighted by atomic mass is 16.5. The fourth-order valence-electron chi connectivity index (χ4n) is 1.59. The highest BCUT2D eigenvalue weighted by Crippen LogP contribution is 2.22. The number of hydrogen-bond acceptors (Lipinski definition) is 3. The summed E-state index contributed by atoms with van der Waals surface area (Å²) >= 11 is 0. The van der Waals surface area contributed by atoms with Crippen molar-refractivity contribution in [3.63, 3.8) is 0 Å². The van der Waals surface area contributed by atoms with Crippen LogP contribution in [0.5, 0.6) is 11.5 Å². The third kappa shape index (κ3) is 3.85. The molecule has 0 unspecified atom stereocenters. The Hall–Kier alpha value is -2.29. The molecule has 0 aliphatic heterocycles. The van der Waals surface area contributed by atoms with Crippen LogP contribution in [0.25, 0.3) is 0 Å². The second kappa shape index (κ2) is 6.05. The first kappa shape index (κ1) is 13.1. The summed E-state index contributed by atoms with van der Waals surface area (Å²) in [6.45, 7) is 3.64. The van der Waals surface area contributed by atoms with E-state index in [1.54, 1.807) is 24.3 Å². The summed E-state index contributed by atoms with van der Waals surface area (Å²) in [7, 11) is 0. The van der Waals surface area contributed by atoms with E-state index >= 15 is 0 Å². The first-order valence-corrected chi connectivity index (χ1v) is 6.19. The summed E-state index contributed by atoms with van der Waals surface area (Å²) < 4.78 is 10.8. The lowest BCUT2D eigenvalue weighted by Crippen LogP contribution is -2.11. The second-order valence-electron chi connectivity index (χ2n) is 4.40. The van der Waals surface area contributed by atoms with Gasteiger partial charge in [-0.05, 0) is 44.2 Å². The lowest BCUT2D eigenvalue weighted by atomic mass is 10.2. The van der Waals surface area contributed by atoms with Gasteiger partial charge in [0.1, 0.15) is 11.5 Å². The molecule has 2 aromatic carbocycles. The molecule has 0 aliphatic carbocycles. The molecular weight excluding hydrogens is 240 g/mol. The fraction of sp³-hybridized carbons (Fsp3) is 0.188. The number of rotatable bonds is 4. The minimum absolute atomic E-state index is 0.133. The molecule has 2 rings (SSSR count). The number of carbonyl (C=O) groups is 1. The Morgan fingerprint density at radius 1 is 0.947 bits per heavy atom. The number of hydrogen-bond donors (Lipinski definition) is 0. The SMILES string of the molecule is CC(C)OC(=O)c1cccc(Oc2ccccc2)c1. The van der Waals surface area contributed by atoms with E-state index < -0.39 is 0 Å². The summed E-state index contributed by atoms with van der Waals surface area (Å²) in [5, 5.41) is 0. The molecule has 3 heteroatoms. The van der Waals surface area contributed by atoms with Gasteiger partial charge in [-0.2, -0.15) is 0 Å². The van der Waals surface area contributed by atoms with Crippen molar-refractivity contribution >= 4 is 5.97 Å². The minimum atomic E-state index is -0.339. The van der Waals surface area contributed by atoms with E-state index in [2.05, 4.69) is 0 Å². The van der Waals surface area contributed by atoms with E-state index in [9.17, 15) is 4.79 Å². The first-order chi connectivity index (χ1) is 9.15. The van der Waals surface area contributed by atoms with Gasteiger partial charge in [-0.25, -0.2) is 4.79 Å². The number of benzene rings is 2. The summed E-state index contributed by atoms with van der Waals surface area (Å²) in [4.78, 5) is 11.8. The smallest absolute Gasteiger partial charge is 0.338 e. The molecular formula is C16H16O3. The van der Waals surface area contributed by atoms with Crippen LogP contribution in [0.2, 0.25) is 0 Å². The zero-order valence-electron chi connectivity index (χ0n) is 11.0. The van der Waals surface area contributed by atoms with Crippen LogP contribution in [0.3, 0.4) is 0 Å². The van der Waals surface area contributed by atoms with Crippen LogP contribution in [0.4, 0.5) is 0 Å². The van der Waals surface area contributed by atoms with Crippen LogP contribution >= 0.6 is 0 Å². The van der Waals surface area contributed by atoms with Crippen molar-refractivity contribution in [2.45, 2.75) is 20.0 Å². The summed E-state index contributed by atoms with van der Waals surface area (Å²) in [6, 6.07) is 16.4. The largest absolute Gasteiger partial charge is 0.459 e. The maximum Gasteiger partial charge on any atom is 0.338 e. The molecule has 0 aromatic heterocycles. The molecule has 0 amide bonds. The van der Waals surface area contributed by atoms with Gasteiger partial charge in [0.2, 0.25) is 0 Å². The molecule has 0 saturated heterocycles. The molecule has 0 bridgehead atoms. The van der Waals surface area contributed by atoms with Crippen molar-refractivity contribution in [2.75, 3.05) is 0 Å². The Balaban J connectivity index is 2.13. The lowest BCUT2D eigenvalue weighted by Gasteiger charge is -2.09. The van der Waals surface area contributed by atoms with Crippen LogP contribution in [0, 0.1) is 0 Å². The highest BCUT2D eigenvalue weighted by Gasteiger charge is 2.10. The van der Waals surface area contributed by atoms with Crippen molar-refractivity contribution < 1.29 is 14.3 Å². The van der Waals surface area contributed by atoms with Crippen molar-refractivity contribution in [3.05, 3.63) is 60.2 Å². The van der Waals surface area contributed by atoms with Crippen molar-refractivity contribution in [1.82, 2.24) is 0 Å². The van der Waals surface area contributed by atoms with E-state index in [1.807, 2.05) is 44.2 Å². The standard InChI is InChI=1S/C16H16O3/c1-12(2)18-16(17)13-7-6-10-15(11-13)19-14-8-4-3-5-9-14/h3-12H,1-2H3. The predicted molar refractivity (Wildman–Crippen MR) is 73.5 cm³/mol. The van der Waals surface area contributed by atoms with Gasteiger partial charge in [0.05, 0.1) is 11.7 Å². The highest BCUT2D eigenvalue weighted by molar-refractivity contribution is 5.89. The molecule has 0 atom stereocenters. The predicted octanol–water partition coefficient (Wildman–Crippen LogP) is 4.04. The molecule has 0 saturated carbocycles. The first-order valence-electron chi connectivity index (χ1n) is 6.19. The van der Waals surface area contributed by atoms with Gasteiger partial charge in [0.15, 0.2) is 0 Å². The maximum absolute atomic E-state index is 11.8. The van der Waals surface area contributed by atoms with Crippen LogP contribution in [0.15, 0.2) is 54.6 Å². The Kier molecular flexibility index (Phi) is 4.18. The van der Waals surface area contributed by atoms with Gasteiger partial charge >= 0.3 is 5.97 Å². The molecule has 0 aliphatic rings. The maximum atomic E-state index is 11.8. The van der Waals surface area contributed by atoms with Crippen LogP contribution in [0.1, 0.15) is 24.2 Å². The number of ether oxygens (including phenoxy) is 2. The zero-order chi connectivity index (χ0) is 13.7. The second-order valence-corrected chi connectivity index (χ2v) is 4.40. The topological polar surface area (TPSA) is 35.5 Å².